The van der Waals surface area contributed by atoms with Crippen LogP contribution in [-0.2, 0) is 13.5 Å². The Morgan fingerprint density at radius 3 is 2.79 bits per heavy atom. The summed E-state index contributed by atoms with van der Waals surface area (Å²) in [5.74, 6) is -0.516. The van der Waals surface area contributed by atoms with Crippen molar-refractivity contribution in [3.63, 3.8) is 0 Å². The van der Waals surface area contributed by atoms with Gasteiger partial charge in [-0.3, -0.25) is 10.1 Å². The summed E-state index contributed by atoms with van der Waals surface area (Å²) < 4.78 is 1.76. The van der Waals surface area contributed by atoms with Crippen LogP contribution < -0.4 is 0 Å². The zero-order valence-corrected chi connectivity index (χ0v) is 10.1. The normalized spacial score (nSPS) is 10.4. The molecule has 1 aromatic heterocycles. The molecule has 0 saturated heterocycles. The molecule has 0 amide bonds. The smallest absolute Gasteiger partial charge is 0.335 e. The maximum absolute atomic E-state index is 11.0. The van der Waals surface area contributed by atoms with Crippen LogP contribution in [0, 0.1) is 10.1 Å². The van der Waals surface area contributed by atoms with E-state index in [0.717, 1.165) is 6.07 Å². The highest BCUT2D eigenvalue weighted by Gasteiger charge is 2.18. The number of aromatic nitrogens is 2. The SMILES string of the molecule is Cn1ccnc1Cc1ccc(C(=O)O)cc1[N+](=O)[O-]. The molecule has 0 aliphatic carbocycles. The minimum absolute atomic E-state index is 0.102. The molecule has 0 bridgehead atoms. The lowest BCUT2D eigenvalue weighted by molar-refractivity contribution is -0.385. The Hall–Kier alpha value is -2.70. The lowest BCUT2D eigenvalue weighted by atomic mass is 10.1. The first kappa shape index (κ1) is 12.7. The number of nitro benzene ring substituents is 1. The predicted octanol–water partition coefficient (Wildman–Crippen LogP) is 1.62. The van der Waals surface area contributed by atoms with Gasteiger partial charge in [0, 0.05) is 37.5 Å². The van der Waals surface area contributed by atoms with Crippen LogP contribution in [0.1, 0.15) is 21.7 Å². The van der Waals surface area contributed by atoms with Gasteiger partial charge in [0.1, 0.15) is 5.82 Å². The minimum atomic E-state index is -1.19. The molecule has 0 spiro atoms. The molecule has 0 fully saturated rings. The summed E-state index contributed by atoms with van der Waals surface area (Å²) in [6, 6.07) is 3.88. The highest BCUT2D eigenvalue weighted by molar-refractivity contribution is 5.88. The molecule has 0 radical (unpaired) electrons. The van der Waals surface area contributed by atoms with Crippen molar-refractivity contribution in [2.24, 2.45) is 7.05 Å². The zero-order valence-electron chi connectivity index (χ0n) is 10.1. The second-order valence-corrected chi connectivity index (χ2v) is 4.04. The first-order valence-corrected chi connectivity index (χ1v) is 5.46. The van der Waals surface area contributed by atoms with Gasteiger partial charge in [0.2, 0.25) is 0 Å². The monoisotopic (exact) mass is 261 g/mol. The highest BCUT2D eigenvalue weighted by atomic mass is 16.6. The number of nitrogens with zero attached hydrogens (tertiary/aromatic N) is 3. The lowest BCUT2D eigenvalue weighted by Gasteiger charge is -2.04. The Balaban J connectivity index is 2.43. The number of imidazole rings is 1. The van der Waals surface area contributed by atoms with Crippen LogP contribution in [0.4, 0.5) is 5.69 Å². The van der Waals surface area contributed by atoms with E-state index in [1.807, 2.05) is 0 Å². The van der Waals surface area contributed by atoms with Gasteiger partial charge in [-0.1, -0.05) is 6.07 Å². The van der Waals surface area contributed by atoms with Crippen molar-refractivity contribution in [3.8, 4) is 0 Å². The van der Waals surface area contributed by atoms with Crippen LogP contribution in [0.15, 0.2) is 30.6 Å². The third-order valence-electron chi connectivity index (χ3n) is 2.80. The Labute approximate surface area is 108 Å². The summed E-state index contributed by atoms with van der Waals surface area (Å²) in [4.78, 5) is 25.3. The molecule has 19 heavy (non-hydrogen) atoms. The van der Waals surface area contributed by atoms with Gasteiger partial charge in [-0.15, -0.1) is 0 Å². The summed E-state index contributed by atoms with van der Waals surface area (Å²) in [7, 11) is 1.79. The average molecular weight is 261 g/mol. The van der Waals surface area contributed by atoms with Crippen LogP contribution >= 0.6 is 0 Å². The van der Waals surface area contributed by atoms with Gasteiger partial charge in [-0.05, 0) is 6.07 Å². The maximum atomic E-state index is 11.0. The molecule has 98 valence electrons. The molecular weight excluding hydrogens is 250 g/mol. The van der Waals surface area contributed by atoms with Crippen molar-refractivity contribution < 1.29 is 14.8 Å². The van der Waals surface area contributed by atoms with E-state index in [1.54, 1.807) is 24.0 Å². The van der Waals surface area contributed by atoms with E-state index >= 15 is 0 Å². The number of carbonyl (C=O) groups is 1. The molecule has 7 nitrogen and oxygen atoms in total. The molecule has 0 unspecified atom stereocenters. The van der Waals surface area contributed by atoms with Crippen molar-refractivity contribution in [3.05, 3.63) is 57.7 Å². The molecule has 7 heteroatoms. The van der Waals surface area contributed by atoms with Crippen molar-refractivity contribution in [1.29, 1.82) is 0 Å². The van der Waals surface area contributed by atoms with E-state index in [9.17, 15) is 14.9 Å². The molecule has 2 aromatic rings. The molecule has 0 aliphatic rings. The Bertz CT molecular complexity index is 648. The molecule has 1 N–H and O–H groups in total. The van der Waals surface area contributed by atoms with Gasteiger partial charge < -0.3 is 9.67 Å². The maximum Gasteiger partial charge on any atom is 0.335 e. The van der Waals surface area contributed by atoms with Gasteiger partial charge in [0.15, 0.2) is 0 Å². The summed E-state index contributed by atoms with van der Waals surface area (Å²) in [5.41, 5.74) is 0.127. The second-order valence-electron chi connectivity index (χ2n) is 4.04. The molecule has 2 rings (SSSR count). The van der Waals surface area contributed by atoms with Gasteiger partial charge >= 0.3 is 5.97 Å². The van der Waals surface area contributed by atoms with Crippen LogP contribution in [0.2, 0.25) is 0 Å². The largest absolute Gasteiger partial charge is 0.478 e. The average Bonchev–Trinajstić information content (AvgIpc) is 2.75. The molecule has 1 heterocycles. The zero-order chi connectivity index (χ0) is 14.0. The second kappa shape index (κ2) is 4.89. The van der Waals surface area contributed by atoms with Crippen molar-refractivity contribution in [2.45, 2.75) is 6.42 Å². The van der Waals surface area contributed by atoms with Gasteiger partial charge in [-0.2, -0.15) is 0 Å². The Morgan fingerprint density at radius 1 is 1.53 bits per heavy atom. The number of rotatable bonds is 4. The van der Waals surface area contributed by atoms with E-state index in [4.69, 9.17) is 5.11 Å². The van der Waals surface area contributed by atoms with E-state index in [2.05, 4.69) is 4.98 Å². The van der Waals surface area contributed by atoms with E-state index in [-0.39, 0.29) is 17.7 Å². The first-order chi connectivity index (χ1) is 8.99. The number of hydrogen-bond donors (Lipinski definition) is 1. The number of benzene rings is 1. The standard InChI is InChI=1S/C12H11N3O4/c1-14-5-4-13-11(14)7-8-2-3-9(12(16)17)6-10(8)15(18)19/h2-6H,7H2,1H3,(H,16,17). The van der Waals surface area contributed by atoms with Crippen molar-refractivity contribution in [2.75, 3.05) is 0 Å². The summed E-state index contributed by atoms with van der Waals surface area (Å²) in [6.07, 6.45) is 3.62. The van der Waals surface area contributed by atoms with Crippen LogP contribution in [0.3, 0.4) is 0 Å². The fraction of sp³-hybridized carbons (Fsp3) is 0.167. The Kier molecular flexibility index (Phi) is 3.28. The fourth-order valence-corrected chi connectivity index (χ4v) is 1.75. The van der Waals surface area contributed by atoms with Crippen LogP contribution in [0.5, 0.6) is 0 Å². The molecular formula is C12H11N3O4. The predicted molar refractivity (Wildman–Crippen MR) is 66.1 cm³/mol. The number of aryl methyl sites for hydroxylation is 1. The summed E-state index contributed by atoms with van der Waals surface area (Å²) in [5, 5.41) is 19.8. The van der Waals surface area contributed by atoms with Crippen LogP contribution in [-0.4, -0.2) is 25.6 Å². The fourth-order valence-electron chi connectivity index (χ4n) is 1.75. The number of nitro groups is 1. The molecule has 0 atom stereocenters. The molecule has 0 aliphatic heterocycles. The number of carboxylic acids is 1. The van der Waals surface area contributed by atoms with Gasteiger partial charge in [0.05, 0.1) is 10.5 Å². The van der Waals surface area contributed by atoms with Crippen LogP contribution in [0.25, 0.3) is 0 Å². The quantitative estimate of drug-likeness (QED) is 0.666. The lowest BCUT2D eigenvalue weighted by Crippen LogP contribution is -2.04. The number of carboxylic acid groups (broad SMARTS) is 1. The summed E-state index contributed by atoms with van der Waals surface area (Å²) in [6.45, 7) is 0. The number of hydrogen-bond acceptors (Lipinski definition) is 4. The minimum Gasteiger partial charge on any atom is -0.478 e. The van der Waals surface area contributed by atoms with E-state index in [1.165, 1.54) is 12.1 Å². The Morgan fingerprint density at radius 2 is 2.26 bits per heavy atom. The van der Waals surface area contributed by atoms with Crippen molar-refractivity contribution in [1.82, 2.24) is 9.55 Å². The molecule has 0 saturated carbocycles. The highest BCUT2D eigenvalue weighted by Crippen LogP contribution is 2.22. The topological polar surface area (TPSA) is 98.3 Å². The van der Waals surface area contributed by atoms with Gasteiger partial charge in [-0.25, -0.2) is 9.78 Å². The van der Waals surface area contributed by atoms with Crippen molar-refractivity contribution >= 4 is 11.7 Å². The third kappa shape index (κ3) is 2.59. The van der Waals surface area contributed by atoms with E-state index < -0.39 is 10.9 Å². The third-order valence-corrected chi connectivity index (χ3v) is 2.80. The summed E-state index contributed by atoms with van der Waals surface area (Å²) >= 11 is 0. The van der Waals surface area contributed by atoms with E-state index in [0.29, 0.717) is 11.4 Å². The molecule has 1 aromatic carbocycles. The number of aromatic carboxylic acids is 1. The first-order valence-electron chi connectivity index (χ1n) is 5.46. The van der Waals surface area contributed by atoms with Gasteiger partial charge in [0.25, 0.3) is 5.69 Å².